The Hall–Kier alpha value is -2.89. The fourth-order valence-corrected chi connectivity index (χ4v) is 4.13. The number of anilines is 1. The lowest BCUT2D eigenvalue weighted by atomic mass is 9.90. The molecule has 3 rings (SSSR count). The summed E-state index contributed by atoms with van der Waals surface area (Å²) >= 11 is 0. The van der Waals surface area contributed by atoms with Crippen molar-refractivity contribution in [1.29, 1.82) is 0 Å². The van der Waals surface area contributed by atoms with E-state index in [1.165, 1.54) is 28.0 Å². The maximum atomic E-state index is 14.4. The van der Waals surface area contributed by atoms with Gasteiger partial charge in [0, 0.05) is 38.6 Å². The summed E-state index contributed by atoms with van der Waals surface area (Å²) in [7, 11) is -3.59. The fraction of sp³-hybridized carbons (Fsp3) is 0.500. The van der Waals surface area contributed by atoms with E-state index in [0.29, 0.717) is 12.3 Å². The van der Waals surface area contributed by atoms with Gasteiger partial charge in [0.2, 0.25) is 0 Å². The molecule has 7 nitrogen and oxygen atoms in total. The van der Waals surface area contributed by atoms with Crippen LogP contribution in [0.15, 0.2) is 35.4 Å². The van der Waals surface area contributed by atoms with Gasteiger partial charge in [-0.2, -0.15) is 13.2 Å². The molecule has 36 heavy (non-hydrogen) atoms. The van der Waals surface area contributed by atoms with Crippen molar-refractivity contribution in [3.8, 4) is 5.75 Å². The number of benzene rings is 1. The number of carbonyl (C=O) groups excluding carboxylic acids is 1. The molecule has 12 heteroatoms. The second-order valence-corrected chi connectivity index (χ2v) is 11.9. The summed E-state index contributed by atoms with van der Waals surface area (Å²) in [6, 6.07) is 4.53. The highest BCUT2D eigenvalue weighted by Gasteiger charge is 2.33. The average molecular weight is 532 g/mol. The predicted molar refractivity (Wildman–Crippen MR) is 126 cm³/mol. The monoisotopic (exact) mass is 531 g/mol. The van der Waals surface area contributed by atoms with Gasteiger partial charge in [-0.05, 0) is 36.6 Å². The van der Waals surface area contributed by atoms with Crippen LogP contribution in [-0.4, -0.2) is 62.7 Å². The number of piperazine rings is 1. The lowest BCUT2D eigenvalue weighted by molar-refractivity contribution is -0.138. The fourth-order valence-electron chi connectivity index (χ4n) is 3.49. The molecular formula is C24H29F4N3O4S. The largest absolute Gasteiger partial charge is 0.489 e. The lowest BCUT2D eigenvalue weighted by Crippen LogP contribution is -2.49. The smallest absolute Gasteiger partial charge is 0.417 e. The summed E-state index contributed by atoms with van der Waals surface area (Å²) in [6.07, 6.45) is -3.38. The van der Waals surface area contributed by atoms with Crippen LogP contribution in [0.2, 0.25) is 0 Å². The Labute approximate surface area is 208 Å². The summed E-state index contributed by atoms with van der Waals surface area (Å²) in [5.41, 5.74) is -1.35. The zero-order valence-corrected chi connectivity index (χ0v) is 21.5. The quantitative estimate of drug-likeness (QED) is 0.532. The molecule has 1 saturated heterocycles. The molecule has 1 atom stereocenters. The molecule has 0 bridgehead atoms. The standard InChI is InChI=1S/C24H29F4N3O4S/c1-15(23(2,3)4)35-20-7-6-17(36(5,33)34)13-18(20)22(32)31-10-8-30(9-11-31)21-19(25)12-16(14-29-21)24(26,27)28/h6-7,12-15H,8-11H2,1-5H3/t15-/m0/s1. The van der Waals surface area contributed by atoms with Crippen LogP contribution in [0.3, 0.4) is 0 Å². The number of amides is 1. The van der Waals surface area contributed by atoms with Crippen LogP contribution in [0.25, 0.3) is 0 Å². The van der Waals surface area contributed by atoms with Gasteiger partial charge < -0.3 is 14.5 Å². The van der Waals surface area contributed by atoms with Crippen LogP contribution < -0.4 is 9.64 Å². The zero-order valence-electron chi connectivity index (χ0n) is 20.7. The van der Waals surface area contributed by atoms with Gasteiger partial charge in [-0.15, -0.1) is 0 Å². The molecule has 0 N–H and O–H groups in total. The third-order valence-electron chi connectivity index (χ3n) is 6.15. The summed E-state index contributed by atoms with van der Waals surface area (Å²) < 4.78 is 83.0. The molecule has 0 spiro atoms. The van der Waals surface area contributed by atoms with Crippen molar-refractivity contribution in [1.82, 2.24) is 9.88 Å². The van der Waals surface area contributed by atoms with Gasteiger partial charge in [0.25, 0.3) is 5.91 Å². The molecule has 2 heterocycles. The highest BCUT2D eigenvalue weighted by molar-refractivity contribution is 7.90. The van der Waals surface area contributed by atoms with Crippen molar-refractivity contribution in [2.45, 2.75) is 44.9 Å². The van der Waals surface area contributed by atoms with Crippen LogP contribution in [-0.2, 0) is 16.0 Å². The van der Waals surface area contributed by atoms with Gasteiger partial charge in [-0.25, -0.2) is 17.8 Å². The minimum Gasteiger partial charge on any atom is -0.489 e. The third kappa shape index (κ3) is 6.26. The zero-order chi connectivity index (χ0) is 27.1. The molecule has 0 unspecified atom stereocenters. The van der Waals surface area contributed by atoms with Crippen LogP contribution in [0, 0.1) is 11.2 Å². The third-order valence-corrected chi connectivity index (χ3v) is 7.26. The van der Waals surface area contributed by atoms with E-state index in [1.807, 2.05) is 27.7 Å². The van der Waals surface area contributed by atoms with Crippen LogP contribution in [0.4, 0.5) is 23.4 Å². The van der Waals surface area contributed by atoms with Crippen LogP contribution >= 0.6 is 0 Å². The topological polar surface area (TPSA) is 79.8 Å². The van der Waals surface area contributed by atoms with E-state index in [2.05, 4.69) is 4.98 Å². The van der Waals surface area contributed by atoms with E-state index in [1.54, 1.807) is 0 Å². The number of aromatic nitrogens is 1. The van der Waals surface area contributed by atoms with Crippen molar-refractivity contribution >= 4 is 21.6 Å². The molecule has 0 aliphatic carbocycles. The second-order valence-electron chi connectivity index (χ2n) is 9.86. The maximum Gasteiger partial charge on any atom is 0.417 e. The van der Waals surface area contributed by atoms with Crippen molar-refractivity contribution in [2.24, 2.45) is 5.41 Å². The van der Waals surface area contributed by atoms with Gasteiger partial charge >= 0.3 is 6.18 Å². The normalized spacial score (nSPS) is 16.1. The summed E-state index contributed by atoms with van der Waals surface area (Å²) in [5.74, 6) is -1.54. The number of sulfone groups is 1. The number of pyridine rings is 1. The number of nitrogens with zero attached hydrogens (tertiary/aromatic N) is 3. The number of halogens is 4. The molecule has 1 aliphatic heterocycles. The highest BCUT2D eigenvalue weighted by Crippen LogP contribution is 2.32. The number of hydrogen-bond acceptors (Lipinski definition) is 6. The molecule has 1 aromatic heterocycles. The van der Waals surface area contributed by atoms with Crippen molar-refractivity contribution in [3.05, 3.63) is 47.4 Å². The molecule has 1 amide bonds. The Bertz CT molecular complexity index is 1230. The Kier molecular flexibility index (Phi) is 7.59. The van der Waals surface area contributed by atoms with Gasteiger partial charge in [-0.1, -0.05) is 20.8 Å². The Morgan fingerprint density at radius 2 is 1.69 bits per heavy atom. The van der Waals surface area contributed by atoms with E-state index in [4.69, 9.17) is 4.74 Å². The molecule has 1 aromatic carbocycles. The van der Waals surface area contributed by atoms with E-state index in [9.17, 15) is 30.8 Å². The summed E-state index contributed by atoms with van der Waals surface area (Å²) in [4.78, 5) is 20.0. The first-order valence-electron chi connectivity index (χ1n) is 11.3. The van der Waals surface area contributed by atoms with Crippen molar-refractivity contribution in [2.75, 3.05) is 37.3 Å². The van der Waals surface area contributed by atoms with Gasteiger partial charge in [0.1, 0.15) is 11.9 Å². The van der Waals surface area contributed by atoms with E-state index >= 15 is 0 Å². The van der Waals surface area contributed by atoms with Crippen LogP contribution in [0.5, 0.6) is 5.75 Å². The Morgan fingerprint density at radius 3 is 2.19 bits per heavy atom. The number of rotatable bonds is 5. The van der Waals surface area contributed by atoms with Gasteiger partial charge in [0.05, 0.1) is 16.0 Å². The van der Waals surface area contributed by atoms with E-state index in [0.717, 1.165) is 6.26 Å². The second kappa shape index (κ2) is 9.87. The predicted octanol–water partition coefficient (Wildman–Crippen LogP) is 4.42. The number of alkyl halides is 3. The Balaban J connectivity index is 1.82. The molecule has 198 valence electrons. The molecule has 0 saturated carbocycles. The van der Waals surface area contributed by atoms with E-state index in [-0.39, 0.29) is 59.7 Å². The molecular weight excluding hydrogens is 502 g/mol. The minimum absolute atomic E-state index is 0.0312. The maximum absolute atomic E-state index is 14.4. The number of ether oxygens (including phenoxy) is 1. The van der Waals surface area contributed by atoms with Gasteiger partial charge in [-0.3, -0.25) is 4.79 Å². The first kappa shape index (κ1) is 27.7. The average Bonchev–Trinajstić information content (AvgIpc) is 2.77. The van der Waals surface area contributed by atoms with E-state index < -0.39 is 33.3 Å². The number of hydrogen-bond donors (Lipinski definition) is 0. The van der Waals surface area contributed by atoms with Crippen molar-refractivity contribution in [3.63, 3.8) is 0 Å². The number of carbonyl (C=O) groups is 1. The van der Waals surface area contributed by atoms with Crippen molar-refractivity contribution < 1.29 is 35.5 Å². The molecule has 1 aliphatic rings. The summed E-state index contributed by atoms with van der Waals surface area (Å²) in [5, 5.41) is 0. The first-order chi connectivity index (χ1) is 16.5. The minimum atomic E-state index is -4.71. The lowest BCUT2D eigenvalue weighted by Gasteiger charge is -2.36. The SMILES string of the molecule is C[C@H](Oc1ccc(S(C)(=O)=O)cc1C(=O)N1CCN(c2ncc(C(F)(F)F)cc2F)CC1)C(C)(C)C. The Morgan fingerprint density at radius 1 is 1.08 bits per heavy atom. The first-order valence-corrected chi connectivity index (χ1v) is 13.2. The van der Waals surface area contributed by atoms with Crippen LogP contribution in [0.1, 0.15) is 43.6 Å². The molecule has 0 radical (unpaired) electrons. The summed E-state index contributed by atoms with van der Waals surface area (Å²) in [6.45, 7) is 8.26. The van der Waals surface area contributed by atoms with Gasteiger partial charge in [0.15, 0.2) is 21.5 Å². The highest BCUT2D eigenvalue weighted by atomic mass is 32.2. The molecule has 2 aromatic rings. The molecule has 1 fully saturated rings.